The van der Waals surface area contributed by atoms with Crippen molar-refractivity contribution in [3.63, 3.8) is 0 Å². The van der Waals surface area contributed by atoms with E-state index in [-0.39, 0.29) is 12.2 Å². The summed E-state index contributed by atoms with van der Waals surface area (Å²) >= 11 is 7.48. The Morgan fingerprint density at radius 1 is 1.47 bits per heavy atom. The molecule has 1 N–H and O–H groups in total. The van der Waals surface area contributed by atoms with E-state index in [0.717, 1.165) is 10.4 Å². The lowest BCUT2D eigenvalue weighted by atomic mass is 10.0. The number of rotatable bonds is 3. The molecule has 0 aliphatic rings. The topological polar surface area (TPSA) is 20.2 Å². The lowest BCUT2D eigenvalue weighted by Gasteiger charge is -2.11. The van der Waals surface area contributed by atoms with Crippen molar-refractivity contribution < 1.29 is 9.50 Å². The molecular formula is C13H12ClFOS. The van der Waals surface area contributed by atoms with Crippen LogP contribution >= 0.6 is 22.9 Å². The van der Waals surface area contributed by atoms with Gasteiger partial charge in [0.25, 0.3) is 0 Å². The molecule has 4 heteroatoms. The second kappa shape index (κ2) is 5.17. The largest absolute Gasteiger partial charge is 0.388 e. The number of aliphatic hydroxyl groups is 1. The predicted octanol–water partition coefficient (Wildman–Crippen LogP) is 4.13. The molecule has 1 nitrogen and oxygen atoms in total. The molecule has 0 spiro atoms. The van der Waals surface area contributed by atoms with Crippen molar-refractivity contribution in [2.24, 2.45) is 0 Å². The molecule has 1 aromatic heterocycles. The molecule has 0 saturated carbocycles. The fraction of sp³-hybridized carbons (Fsp3) is 0.231. The average Bonchev–Trinajstić information content (AvgIpc) is 2.70. The van der Waals surface area contributed by atoms with Gasteiger partial charge in [0, 0.05) is 21.9 Å². The Morgan fingerprint density at radius 2 is 2.24 bits per heavy atom. The van der Waals surface area contributed by atoms with Crippen LogP contribution in [0.25, 0.3) is 0 Å². The van der Waals surface area contributed by atoms with Gasteiger partial charge in [0.1, 0.15) is 5.82 Å². The Bertz CT molecular complexity index is 504. The van der Waals surface area contributed by atoms with Gasteiger partial charge in [-0.2, -0.15) is 0 Å². The summed E-state index contributed by atoms with van der Waals surface area (Å²) in [5.41, 5.74) is 1.18. The number of hydrogen-bond acceptors (Lipinski definition) is 2. The van der Waals surface area contributed by atoms with E-state index in [2.05, 4.69) is 0 Å². The lowest BCUT2D eigenvalue weighted by Crippen LogP contribution is -2.03. The number of benzene rings is 1. The molecular weight excluding hydrogens is 259 g/mol. The van der Waals surface area contributed by atoms with Crippen LogP contribution < -0.4 is 0 Å². The number of halogens is 2. The fourth-order valence-electron chi connectivity index (χ4n) is 1.68. The molecule has 1 atom stereocenters. The number of aliphatic hydroxyl groups excluding tert-OH is 1. The average molecular weight is 271 g/mol. The van der Waals surface area contributed by atoms with Crippen LogP contribution in [0.3, 0.4) is 0 Å². The Balaban J connectivity index is 2.21. The number of thiophene rings is 1. The van der Waals surface area contributed by atoms with Gasteiger partial charge in [0.2, 0.25) is 0 Å². The van der Waals surface area contributed by atoms with Crippen molar-refractivity contribution >= 4 is 22.9 Å². The molecule has 90 valence electrons. The van der Waals surface area contributed by atoms with Crippen molar-refractivity contribution in [3.05, 3.63) is 56.5 Å². The van der Waals surface area contributed by atoms with Gasteiger partial charge in [0.15, 0.2) is 0 Å². The van der Waals surface area contributed by atoms with E-state index >= 15 is 0 Å². The van der Waals surface area contributed by atoms with Gasteiger partial charge in [-0.25, -0.2) is 4.39 Å². The van der Waals surface area contributed by atoms with Crippen LogP contribution in [0.4, 0.5) is 4.39 Å². The first-order chi connectivity index (χ1) is 8.08. The van der Waals surface area contributed by atoms with Crippen molar-refractivity contribution in [2.45, 2.75) is 19.4 Å². The van der Waals surface area contributed by atoms with E-state index < -0.39 is 6.10 Å². The highest BCUT2D eigenvalue weighted by Crippen LogP contribution is 2.27. The van der Waals surface area contributed by atoms with Crippen LogP contribution in [0.2, 0.25) is 5.02 Å². The normalized spacial score (nSPS) is 12.7. The molecule has 0 saturated heterocycles. The van der Waals surface area contributed by atoms with Gasteiger partial charge < -0.3 is 5.11 Å². The van der Waals surface area contributed by atoms with Crippen LogP contribution in [-0.2, 0) is 6.42 Å². The SMILES string of the molecule is Cc1cc(C(O)Cc2c(F)cccc2Cl)cs1. The zero-order valence-corrected chi connectivity index (χ0v) is 10.9. The number of aryl methyl sites for hydroxylation is 1. The molecule has 2 aromatic rings. The summed E-state index contributed by atoms with van der Waals surface area (Å²) < 4.78 is 13.5. The minimum absolute atomic E-state index is 0.196. The van der Waals surface area contributed by atoms with E-state index in [1.807, 2.05) is 18.4 Å². The van der Waals surface area contributed by atoms with E-state index in [1.165, 1.54) is 6.07 Å². The second-order valence-corrected chi connectivity index (χ2v) is 5.43. The van der Waals surface area contributed by atoms with Crippen molar-refractivity contribution in [1.82, 2.24) is 0 Å². The van der Waals surface area contributed by atoms with E-state index in [0.29, 0.717) is 10.6 Å². The highest BCUT2D eigenvalue weighted by atomic mass is 35.5. The molecule has 0 amide bonds. The van der Waals surface area contributed by atoms with Gasteiger partial charge in [-0.05, 0) is 36.1 Å². The quantitative estimate of drug-likeness (QED) is 0.889. The Labute approximate surface area is 108 Å². The first-order valence-corrected chi connectivity index (χ1v) is 6.49. The molecule has 0 radical (unpaired) electrons. The Kier molecular flexibility index (Phi) is 3.82. The summed E-state index contributed by atoms with van der Waals surface area (Å²) in [6.45, 7) is 1.97. The monoisotopic (exact) mass is 270 g/mol. The maximum atomic E-state index is 13.5. The van der Waals surface area contributed by atoms with E-state index in [4.69, 9.17) is 11.6 Å². The van der Waals surface area contributed by atoms with Gasteiger partial charge >= 0.3 is 0 Å². The lowest BCUT2D eigenvalue weighted by molar-refractivity contribution is 0.177. The molecule has 17 heavy (non-hydrogen) atoms. The van der Waals surface area contributed by atoms with Crippen molar-refractivity contribution in [1.29, 1.82) is 0 Å². The van der Waals surface area contributed by atoms with Crippen molar-refractivity contribution in [3.8, 4) is 0 Å². The summed E-state index contributed by atoms with van der Waals surface area (Å²) in [6, 6.07) is 6.45. The van der Waals surface area contributed by atoms with E-state index in [1.54, 1.807) is 23.5 Å². The highest BCUT2D eigenvalue weighted by molar-refractivity contribution is 7.10. The summed E-state index contributed by atoms with van der Waals surface area (Å²) in [7, 11) is 0. The number of hydrogen-bond donors (Lipinski definition) is 1. The van der Waals surface area contributed by atoms with Crippen LogP contribution in [0.15, 0.2) is 29.6 Å². The van der Waals surface area contributed by atoms with Crippen LogP contribution in [0.5, 0.6) is 0 Å². The third-order valence-corrected chi connectivity index (χ3v) is 3.83. The smallest absolute Gasteiger partial charge is 0.127 e. The van der Waals surface area contributed by atoms with E-state index in [9.17, 15) is 9.50 Å². The maximum Gasteiger partial charge on any atom is 0.127 e. The molecule has 1 unspecified atom stereocenters. The first-order valence-electron chi connectivity index (χ1n) is 5.24. The molecule has 1 heterocycles. The zero-order valence-electron chi connectivity index (χ0n) is 9.28. The summed E-state index contributed by atoms with van der Waals surface area (Å²) in [5, 5.41) is 12.3. The highest BCUT2D eigenvalue weighted by Gasteiger charge is 2.15. The van der Waals surface area contributed by atoms with Crippen LogP contribution in [0.1, 0.15) is 22.1 Å². The Morgan fingerprint density at radius 3 is 2.82 bits per heavy atom. The van der Waals surface area contributed by atoms with Crippen LogP contribution in [0, 0.1) is 12.7 Å². The van der Waals surface area contributed by atoms with Gasteiger partial charge in [-0.15, -0.1) is 11.3 Å². The second-order valence-electron chi connectivity index (χ2n) is 3.91. The molecule has 1 aromatic carbocycles. The van der Waals surface area contributed by atoms with Crippen LogP contribution in [-0.4, -0.2) is 5.11 Å². The molecule has 2 rings (SSSR count). The summed E-state index contributed by atoms with van der Waals surface area (Å²) in [5.74, 6) is -0.372. The summed E-state index contributed by atoms with van der Waals surface area (Å²) in [6.07, 6.45) is -0.517. The first kappa shape index (κ1) is 12.6. The molecule has 0 bridgehead atoms. The fourth-order valence-corrected chi connectivity index (χ4v) is 2.67. The minimum atomic E-state index is -0.714. The van der Waals surface area contributed by atoms with Gasteiger partial charge in [-0.1, -0.05) is 17.7 Å². The maximum absolute atomic E-state index is 13.5. The van der Waals surface area contributed by atoms with Gasteiger partial charge in [0.05, 0.1) is 6.10 Å². The van der Waals surface area contributed by atoms with Gasteiger partial charge in [-0.3, -0.25) is 0 Å². The Hall–Kier alpha value is -0.900. The summed E-state index contributed by atoms with van der Waals surface area (Å²) in [4.78, 5) is 1.12. The minimum Gasteiger partial charge on any atom is -0.388 e. The third kappa shape index (κ3) is 2.86. The third-order valence-electron chi connectivity index (χ3n) is 2.59. The predicted molar refractivity (Wildman–Crippen MR) is 69.1 cm³/mol. The standard InChI is InChI=1S/C13H12ClFOS/c1-8-5-9(7-17-8)13(16)6-10-11(14)3-2-4-12(10)15/h2-5,7,13,16H,6H2,1H3. The molecule has 0 aliphatic heterocycles. The zero-order chi connectivity index (χ0) is 12.4. The molecule has 0 aliphatic carbocycles. The molecule has 0 fully saturated rings. The van der Waals surface area contributed by atoms with Crippen molar-refractivity contribution in [2.75, 3.05) is 0 Å².